The highest BCUT2D eigenvalue weighted by Gasteiger charge is 2.01. The zero-order valence-electron chi connectivity index (χ0n) is 7.37. The number of aryl methyl sites for hydroxylation is 1. The maximum Gasteiger partial charge on any atom is 0.207 e. The van der Waals surface area contributed by atoms with E-state index in [4.69, 9.17) is 0 Å². The summed E-state index contributed by atoms with van der Waals surface area (Å²) in [4.78, 5) is 10.2. The minimum absolute atomic E-state index is 0.0994. The van der Waals surface area contributed by atoms with Crippen molar-refractivity contribution >= 4 is 6.41 Å². The van der Waals surface area contributed by atoms with Crippen LogP contribution in [0.2, 0.25) is 0 Å². The molecule has 1 aromatic rings. The third-order valence-electron chi connectivity index (χ3n) is 1.86. The Labute approximate surface area is 72.6 Å². The number of hydrogen-bond donors (Lipinski definition) is 1. The Balaban J connectivity index is 2.80. The molecule has 1 atom stereocenters. The van der Waals surface area contributed by atoms with Gasteiger partial charge >= 0.3 is 0 Å². The summed E-state index contributed by atoms with van der Waals surface area (Å²) in [5.74, 6) is 0. The van der Waals surface area contributed by atoms with Crippen molar-refractivity contribution in [2.75, 3.05) is 0 Å². The minimum atomic E-state index is 0.0994. The Morgan fingerprint density at radius 1 is 1.50 bits per heavy atom. The van der Waals surface area contributed by atoms with Gasteiger partial charge in [-0.05, 0) is 19.4 Å². The summed E-state index contributed by atoms with van der Waals surface area (Å²) in [6, 6.07) is 8.21. The molecule has 0 aliphatic heterocycles. The van der Waals surface area contributed by atoms with E-state index < -0.39 is 0 Å². The van der Waals surface area contributed by atoms with Crippen molar-refractivity contribution in [3.05, 3.63) is 35.4 Å². The predicted molar refractivity (Wildman–Crippen MR) is 48.8 cm³/mol. The van der Waals surface area contributed by atoms with Gasteiger partial charge in [0, 0.05) is 0 Å². The van der Waals surface area contributed by atoms with Crippen LogP contribution < -0.4 is 5.32 Å². The molecule has 0 aliphatic carbocycles. The van der Waals surface area contributed by atoms with Crippen molar-refractivity contribution in [2.24, 2.45) is 0 Å². The Morgan fingerprint density at radius 2 is 2.25 bits per heavy atom. The van der Waals surface area contributed by atoms with E-state index in [0.29, 0.717) is 0 Å². The van der Waals surface area contributed by atoms with Crippen LogP contribution in [0.15, 0.2) is 24.3 Å². The standard InChI is InChI=1S/C10H13NO/c1-8-4-3-5-10(6-8)9(2)11-7-12/h3-7,9H,1-2H3,(H,11,12)/t9-/m1/s1. The maximum absolute atomic E-state index is 10.2. The fourth-order valence-electron chi connectivity index (χ4n) is 1.14. The number of benzene rings is 1. The van der Waals surface area contributed by atoms with E-state index in [-0.39, 0.29) is 6.04 Å². The van der Waals surface area contributed by atoms with Gasteiger partial charge in [-0.3, -0.25) is 4.79 Å². The zero-order chi connectivity index (χ0) is 8.97. The molecule has 0 aromatic heterocycles. The highest BCUT2D eigenvalue weighted by Crippen LogP contribution is 2.12. The van der Waals surface area contributed by atoms with E-state index in [2.05, 4.69) is 11.4 Å². The third kappa shape index (κ3) is 2.09. The Bertz CT molecular complexity index is 270. The maximum atomic E-state index is 10.2. The molecule has 64 valence electrons. The number of carbonyl (C=O) groups excluding carboxylic acids is 1. The van der Waals surface area contributed by atoms with Gasteiger partial charge in [-0.2, -0.15) is 0 Å². The number of hydrogen-bond acceptors (Lipinski definition) is 1. The molecule has 0 spiro atoms. The molecule has 0 bridgehead atoms. The van der Waals surface area contributed by atoms with E-state index in [1.54, 1.807) is 0 Å². The summed E-state index contributed by atoms with van der Waals surface area (Å²) in [6.07, 6.45) is 0.729. The second kappa shape index (κ2) is 3.90. The van der Waals surface area contributed by atoms with Gasteiger partial charge < -0.3 is 5.32 Å². The third-order valence-corrected chi connectivity index (χ3v) is 1.86. The molecule has 0 heterocycles. The molecule has 2 heteroatoms. The first-order chi connectivity index (χ1) is 5.74. The molecule has 12 heavy (non-hydrogen) atoms. The lowest BCUT2D eigenvalue weighted by Gasteiger charge is -2.10. The van der Waals surface area contributed by atoms with Gasteiger partial charge in [0.1, 0.15) is 0 Å². The zero-order valence-corrected chi connectivity index (χ0v) is 7.37. The van der Waals surface area contributed by atoms with E-state index in [0.717, 1.165) is 12.0 Å². The molecular formula is C10H13NO. The monoisotopic (exact) mass is 163 g/mol. The summed E-state index contributed by atoms with van der Waals surface area (Å²) in [5, 5.41) is 2.71. The van der Waals surface area contributed by atoms with E-state index in [9.17, 15) is 4.79 Å². The van der Waals surface area contributed by atoms with Crippen LogP contribution in [-0.2, 0) is 4.79 Å². The molecule has 1 N–H and O–H groups in total. The molecule has 0 saturated heterocycles. The van der Waals surface area contributed by atoms with Crippen molar-refractivity contribution in [1.29, 1.82) is 0 Å². The average molecular weight is 163 g/mol. The Kier molecular flexibility index (Phi) is 2.86. The lowest BCUT2D eigenvalue weighted by atomic mass is 10.1. The molecule has 0 radical (unpaired) electrons. The van der Waals surface area contributed by atoms with Crippen LogP contribution in [0.1, 0.15) is 24.1 Å². The normalized spacial score (nSPS) is 12.2. The molecule has 2 nitrogen and oxygen atoms in total. The fourth-order valence-corrected chi connectivity index (χ4v) is 1.14. The molecule has 1 rings (SSSR count). The number of amides is 1. The summed E-state index contributed by atoms with van der Waals surface area (Å²) >= 11 is 0. The van der Waals surface area contributed by atoms with Gasteiger partial charge in [0.2, 0.25) is 6.41 Å². The van der Waals surface area contributed by atoms with Crippen LogP contribution in [0.4, 0.5) is 0 Å². The van der Waals surface area contributed by atoms with E-state index >= 15 is 0 Å². The molecule has 0 saturated carbocycles. The first-order valence-electron chi connectivity index (χ1n) is 4.00. The quantitative estimate of drug-likeness (QED) is 0.676. The Morgan fingerprint density at radius 3 is 2.83 bits per heavy atom. The largest absolute Gasteiger partial charge is 0.352 e. The van der Waals surface area contributed by atoms with E-state index in [1.165, 1.54) is 5.56 Å². The van der Waals surface area contributed by atoms with Crippen molar-refractivity contribution < 1.29 is 4.79 Å². The molecule has 1 amide bonds. The highest BCUT2D eigenvalue weighted by atomic mass is 16.1. The van der Waals surface area contributed by atoms with Gasteiger partial charge in [-0.15, -0.1) is 0 Å². The highest BCUT2D eigenvalue weighted by molar-refractivity contribution is 5.47. The summed E-state index contributed by atoms with van der Waals surface area (Å²) < 4.78 is 0. The first kappa shape index (κ1) is 8.78. The molecule has 0 aliphatic rings. The summed E-state index contributed by atoms with van der Waals surface area (Å²) in [6.45, 7) is 4.00. The topological polar surface area (TPSA) is 29.1 Å². The molecule has 0 fully saturated rings. The SMILES string of the molecule is Cc1cccc([C@@H](C)NC=O)c1. The lowest BCUT2D eigenvalue weighted by molar-refractivity contribution is -0.110. The Hall–Kier alpha value is -1.31. The van der Waals surface area contributed by atoms with Crippen LogP contribution in [0, 0.1) is 6.92 Å². The van der Waals surface area contributed by atoms with Gasteiger partial charge in [-0.25, -0.2) is 0 Å². The lowest BCUT2D eigenvalue weighted by Crippen LogP contribution is -2.15. The van der Waals surface area contributed by atoms with Crippen molar-refractivity contribution in [1.82, 2.24) is 5.32 Å². The van der Waals surface area contributed by atoms with Gasteiger partial charge in [0.15, 0.2) is 0 Å². The molecule has 0 unspecified atom stereocenters. The predicted octanol–water partition coefficient (Wildman–Crippen LogP) is 1.80. The minimum Gasteiger partial charge on any atom is -0.352 e. The number of rotatable bonds is 3. The van der Waals surface area contributed by atoms with Crippen LogP contribution in [0.5, 0.6) is 0 Å². The summed E-state index contributed by atoms with van der Waals surface area (Å²) in [5.41, 5.74) is 2.36. The fraction of sp³-hybridized carbons (Fsp3) is 0.300. The van der Waals surface area contributed by atoms with Crippen LogP contribution in [-0.4, -0.2) is 6.41 Å². The van der Waals surface area contributed by atoms with Crippen LogP contribution in [0.25, 0.3) is 0 Å². The van der Waals surface area contributed by atoms with Crippen molar-refractivity contribution in [3.63, 3.8) is 0 Å². The van der Waals surface area contributed by atoms with Crippen molar-refractivity contribution in [3.8, 4) is 0 Å². The second-order valence-electron chi connectivity index (χ2n) is 2.92. The van der Waals surface area contributed by atoms with Gasteiger partial charge in [0.25, 0.3) is 0 Å². The average Bonchev–Trinajstić information content (AvgIpc) is 2.05. The molecule has 1 aromatic carbocycles. The smallest absolute Gasteiger partial charge is 0.207 e. The van der Waals surface area contributed by atoms with Crippen LogP contribution in [0.3, 0.4) is 0 Å². The van der Waals surface area contributed by atoms with Gasteiger partial charge in [0.05, 0.1) is 6.04 Å². The summed E-state index contributed by atoms with van der Waals surface area (Å²) in [7, 11) is 0. The number of nitrogens with one attached hydrogen (secondary N) is 1. The first-order valence-corrected chi connectivity index (χ1v) is 4.00. The van der Waals surface area contributed by atoms with Crippen LogP contribution >= 0.6 is 0 Å². The van der Waals surface area contributed by atoms with E-state index in [1.807, 2.05) is 32.0 Å². The molecular weight excluding hydrogens is 150 g/mol. The second-order valence-corrected chi connectivity index (χ2v) is 2.92. The van der Waals surface area contributed by atoms with Crippen molar-refractivity contribution in [2.45, 2.75) is 19.9 Å². The van der Waals surface area contributed by atoms with Gasteiger partial charge in [-0.1, -0.05) is 29.8 Å². The number of carbonyl (C=O) groups is 1.